The van der Waals surface area contributed by atoms with Gasteiger partial charge in [-0.3, -0.25) is 9.59 Å². The lowest BCUT2D eigenvalue weighted by atomic mass is 10.1. The van der Waals surface area contributed by atoms with Gasteiger partial charge < -0.3 is 10.2 Å². The molecule has 3 rings (SSSR count). The van der Waals surface area contributed by atoms with Gasteiger partial charge in [-0.1, -0.05) is 11.6 Å². The molecule has 1 fully saturated rings. The number of carbonyl (C=O) groups is 2. The first-order chi connectivity index (χ1) is 11.0. The highest BCUT2D eigenvalue weighted by atomic mass is 35.5. The van der Waals surface area contributed by atoms with Crippen LogP contribution < -0.4 is 5.32 Å². The second-order valence-corrected chi connectivity index (χ2v) is 7.15. The molecule has 0 aliphatic heterocycles. The molecule has 1 aromatic carbocycles. The number of carbonyl (C=O) groups excluding carboxylic acids is 2. The summed E-state index contributed by atoms with van der Waals surface area (Å²) in [6, 6.07) is 6.92. The minimum atomic E-state index is -0.168. The maximum absolute atomic E-state index is 12.5. The summed E-state index contributed by atoms with van der Waals surface area (Å²) < 4.78 is 0. The molecule has 0 radical (unpaired) electrons. The number of halogens is 1. The van der Waals surface area contributed by atoms with Crippen LogP contribution in [0.4, 0.5) is 5.69 Å². The number of nitrogens with zero attached hydrogens (tertiary/aromatic N) is 1. The van der Waals surface area contributed by atoms with Crippen LogP contribution >= 0.6 is 22.9 Å². The highest BCUT2D eigenvalue weighted by Crippen LogP contribution is 2.43. The lowest BCUT2D eigenvalue weighted by molar-refractivity contribution is 0.0827. The van der Waals surface area contributed by atoms with E-state index in [1.165, 1.54) is 16.2 Å². The molecule has 2 aromatic rings. The summed E-state index contributed by atoms with van der Waals surface area (Å²) in [5.74, 6) is 0.212. The average Bonchev–Trinajstić information content (AvgIpc) is 3.25. The Hall–Kier alpha value is -1.85. The van der Waals surface area contributed by atoms with E-state index in [1.807, 2.05) is 11.4 Å². The lowest BCUT2D eigenvalue weighted by Crippen LogP contribution is -2.22. The van der Waals surface area contributed by atoms with Gasteiger partial charge in [-0.25, -0.2) is 0 Å². The Labute approximate surface area is 144 Å². The molecule has 0 atom stereocenters. The average molecular weight is 349 g/mol. The Morgan fingerprint density at radius 3 is 2.65 bits per heavy atom. The highest BCUT2D eigenvalue weighted by molar-refractivity contribution is 7.12. The second kappa shape index (κ2) is 6.34. The van der Waals surface area contributed by atoms with E-state index >= 15 is 0 Å². The lowest BCUT2D eigenvalue weighted by Gasteiger charge is -2.13. The fraction of sp³-hybridized carbons (Fsp3) is 0.294. The third-order valence-electron chi connectivity index (χ3n) is 3.79. The van der Waals surface area contributed by atoms with Crippen LogP contribution in [0.1, 0.15) is 44.4 Å². The number of amides is 2. The zero-order valence-electron chi connectivity index (χ0n) is 12.9. The van der Waals surface area contributed by atoms with Gasteiger partial charge in [-0.05, 0) is 54.0 Å². The van der Waals surface area contributed by atoms with Crippen LogP contribution in [0.2, 0.25) is 5.02 Å². The second-order valence-electron chi connectivity index (χ2n) is 5.83. The minimum absolute atomic E-state index is 0.132. The van der Waals surface area contributed by atoms with Crippen molar-refractivity contribution >= 4 is 40.4 Å². The van der Waals surface area contributed by atoms with Gasteiger partial charge in [-0.2, -0.15) is 0 Å². The van der Waals surface area contributed by atoms with Gasteiger partial charge in [0, 0.05) is 19.7 Å². The molecule has 2 amide bonds. The number of thiophene rings is 1. The quantitative estimate of drug-likeness (QED) is 0.898. The van der Waals surface area contributed by atoms with E-state index in [1.54, 1.807) is 32.3 Å². The van der Waals surface area contributed by atoms with E-state index in [-0.39, 0.29) is 11.8 Å². The summed E-state index contributed by atoms with van der Waals surface area (Å²) in [5, 5.41) is 5.19. The molecular formula is C17H17ClN2O2S. The van der Waals surface area contributed by atoms with Crippen LogP contribution in [-0.2, 0) is 0 Å². The van der Waals surface area contributed by atoms with Crippen molar-refractivity contribution in [2.24, 2.45) is 0 Å². The van der Waals surface area contributed by atoms with Crippen LogP contribution in [0, 0.1) is 0 Å². The van der Waals surface area contributed by atoms with Crippen molar-refractivity contribution in [2.45, 2.75) is 18.8 Å². The van der Waals surface area contributed by atoms with E-state index in [4.69, 9.17) is 11.6 Å². The Bertz CT molecular complexity index is 766. The van der Waals surface area contributed by atoms with Gasteiger partial charge in [0.15, 0.2) is 0 Å². The zero-order valence-corrected chi connectivity index (χ0v) is 14.5. The fourth-order valence-electron chi connectivity index (χ4n) is 2.41. The smallest absolute Gasteiger partial charge is 0.266 e. The molecule has 0 unspecified atom stereocenters. The summed E-state index contributed by atoms with van der Waals surface area (Å²) >= 11 is 7.60. The molecule has 23 heavy (non-hydrogen) atoms. The maximum atomic E-state index is 12.5. The molecule has 1 saturated carbocycles. The van der Waals surface area contributed by atoms with Gasteiger partial charge in [0.1, 0.15) is 0 Å². The molecule has 0 bridgehead atoms. The van der Waals surface area contributed by atoms with Crippen LogP contribution in [0.3, 0.4) is 0 Å². The predicted octanol–water partition coefficient (Wildman–Crippen LogP) is 4.23. The Morgan fingerprint density at radius 2 is 2.00 bits per heavy atom. The van der Waals surface area contributed by atoms with Gasteiger partial charge in [0.2, 0.25) is 0 Å². The molecule has 0 spiro atoms. The molecule has 1 heterocycles. The van der Waals surface area contributed by atoms with Crippen molar-refractivity contribution in [1.82, 2.24) is 4.90 Å². The standard InChI is InChI=1S/C17H17ClN2O2S/c1-20(2)17(22)11-5-6-13(18)14(9-11)19-16(21)15-12(7-8-23-15)10-3-4-10/h5-10H,3-4H2,1-2H3,(H,19,21). The maximum Gasteiger partial charge on any atom is 0.266 e. The van der Waals surface area contributed by atoms with Crippen molar-refractivity contribution in [3.63, 3.8) is 0 Å². The highest BCUT2D eigenvalue weighted by Gasteiger charge is 2.29. The largest absolute Gasteiger partial charge is 0.345 e. The van der Waals surface area contributed by atoms with E-state index in [0.717, 1.165) is 23.3 Å². The molecule has 6 heteroatoms. The molecule has 1 aromatic heterocycles. The number of anilines is 1. The first-order valence-electron chi connectivity index (χ1n) is 7.37. The predicted molar refractivity (Wildman–Crippen MR) is 93.7 cm³/mol. The molecular weight excluding hydrogens is 332 g/mol. The van der Waals surface area contributed by atoms with E-state index in [0.29, 0.717) is 22.2 Å². The normalized spacial score (nSPS) is 13.7. The first kappa shape index (κ1) is 16.0. The van der Waals surface area contributed by atoms with Gasteiger partial charge >= 0.3 is 0 Å². The molecule has 1 aliphatic carbocycles. The van der Waals surface area contributed by atoms with Gasteiger partial charge in [-0.15, -0.1) is 11.3 Å². The third kappa shape index (κ3) is 3.41. The van der Waals surface area contributed by atoms with Crippen LogP contribution in [0.15, 0.2) is 29.6 Å². The molecule has 0 saturated heterocycles. The molecule has 120 valence electrons. The molecule has 1 aliphatic rings. The Morgan fingerprint density at radius 1 is 1.26 bits per heavy atom. The number of hydrogen-bond donors (Lipinski definition) is 1. The third-order valence-corrected chi connectivity index (χ3v) is 5.05. The monoisotopic (exact) mass is 348 g/mol. The number of hydrogen-bond acceptors (Lipinski definition) is 3. The van der Waals surface area contributed by atoms with E-state index < -0.39 is 0 Å². The summed E-state index contributed by atoms with van der Waals surface area (Å²) in [7, 11) is 3.37. The first-order valence-corrected chi connectivity index (χ1v) is 8.63. The van der Waals surface area contributed by atoms with E-state index in [9.17, 15) is 9.59 Å². The van der Waals surface area contributed by atoms with Crippen LogP contribution in [-0.4, -0.2) is 30.8 Å². The van der Waals surface area contributed by atoms with Gasteiger partial charge in [0.25, 0.3) is 11.8 Å². The van der Waals surface area contributed by atoms with E-state index in [2.05, 4.69) is 5.32 Å². The Kier molecular flexibility index (Phi) is 4.41. The van der Waals surface area contributed by atoms with Crippen molar-refractivity contribution < 1.29 is 9.59 Å². The molecule has 4 nitrogen and oxygen atoms in total. The van der Waals surface area contributed by atoms with Crippen LogP contribution in [0.5, 0.6) is 0 Å². The SMILES string of the molecule is CN(C)C(=O)c1ccc(Cl)c(NC(=O)c2sccc2C2CC2)c1. The van der Waals surface area contributed by atoms with Crippen molar-refractivity contribution in [3.05, 3.63) is 50.7 Å². The van der Waals surface area contributed by atoms with Gasteiger partial charge in [0.05, 0.1) is 15.6 Å². The number of benzene rings is 1. The summed E-state index contributed by atoms with van der Waals surface area (Å²) in [6.45, 7) is 0. The fourth-order valence-corrected chi connectivity index (χ4v) is 3.46. The summed E-state index contributed by atoms with van der Waals surface area (Å²) in [6.07, 6.45) is 2.29. The van der Waals surface area contributed by atoms with Crippen molar-refractivity contribution in [1.29, 1.82) is 0 Å². The zero-order chi connectivity index (χ0) is 16.6. The summed E-state index contributed by atoms with van der Waals surface area (Å²) in [4.78, 5) is 26.8. The number of rotatable bonds is 4. The topological polar surface area (TPSA) is 49.4 Å². The molecule has 1 N–H and O–H groups in total. The minimum Gasteiger partial charge on any atom is -0.345 e. The number of nitrogens with one attached hydrogen (secondary N) is 1. The Balaban J connectivity index is 1.84. The van der Waals surface area contributed by atoms with Crippen LogP contribution in [0.25, 0.3) is 0 Å². The van der Waals surface area contributed by atoms with Crippen molar-refractivity contribution in [3.8, 4) is 0 Å². The van der Waals surface area contributed by atoms with Crippen molar-refractivity contribution in [2.75, 3.05) is 19.4 Å². The summed E-state index contributed by atoms with van der Waals surface area (Å²) in [5.41, 5.74) is 2.06.